The summed E-state index contributed by atoms with van der Waals surface area (Å²) in [5.41, 5.74) is 6.90. The molecule has 24 heavy (non-hydrogen) atoms. The number of nitrogens with zero attached hydrogens (tertiary/aromatic N) is 3. The summed E-state index contributed by atoms with van der Waals surface area (Å²) in [5, 5.41) is 4.96. The maximum atomic E-state index is 12.4. The summed E-state index contributed by atoms with van der Waals surface area (Å²) in [4.78, 5) is 25.3. The second kappa shape index (κ2) is 7.83. The van der Waals surface area contributed by atoms with Crippen LogP contribution in [0.1, 0.15) is 37.9 Å². The van der Waals surface area contributed by atoms with E-state index in [1.165, 1.54) is 6.08 Å². The van der Waals surface area contributed by atoms with Crippen LogP contribution in [0.3, 0.4) is 0 Å². The molecule has 0 aromatic carbocycles. The van der Waals surface area contributed by atoms with Crippen molar-refractivity contribution in [3.05, 3.63) is 22.5 Å². The largest absolute Gasteiger partial charge is 0.369 e. The molecule has 0 spiro atoms. The molecule has 1 fully saturated rings. The van der Waals surface area contributed by atoms with Crippen LogP contribution in [-0.4, -0.2) is 39.6 Å². The Morgan fingerprint density at radius 1 is 1.46 bits per heavy atom. The molecule has 0 aliphatic carbocycles. The van der Waals surface area contributed by atoms with Gasteiger partial charge in [0.2, 0.25) is 11.8 Å². The molecule has 2 heterocycles. The number of likely N-dealkylation sites (tertiary alicyclic amines) is 1. The first kappa shape index (κ1) is 18.5. The van der Waals surface area contributed by atoms with E-state index < -0.39 is 0 Å². The zero-order valence-corrected chi connectivity index (χ0v) is 15.2. The number of hydrogen-bond donors (Lipinski definition) is 1. The molecule has 6 nitrogen and oxygen atoms in total. The molecule has 1 aromatic heterocycles. The first-order chi connectivity index (χ1) is 11.3. The third-order valence-corrected chi connectivity index (χ3v) is 4.57. The molecule has 1 aromatic rings. The van der Waals surface area contributed by atoms with Gasteiger partial charge in [-0.1, -0.05) is 25.4 Å². The van der Waals surface area contributed by atoms with Gasteiger partial charge in [-0.05, 0) is 31.8 Å². The molecule has 1 aliphatic heterocycles. The fraction of sp³-hybridized carbons (Fsp3) is 0.588. The standard InChI is InChI=1S/C17H25ClN4O2/c1-11(2)9-22-16(18)14(12(3)20-22)6-7-15(23)21-8-4-5-13(10-21)17(19)24/h6-7,11,13H,4-5,8-10H2,1-3H3,(H2,19,24)/b7-6+. The summed E-state index contributed by atoms with van der Waals surface area (Å²) < 4.78 is 1.76. The number of nitrogens with two attached hydrogens (primary N) is 1. The Morgan fingerprint density at radius 3 is 2.79 bits per heavy atom. The lowest BCUT2D eigenvalue weighted by molar-refractivity contribution is -0.130. The SMILES string of the molecule is Cc1nn(CC(C)C)c(Cl)c1/C=C/C(=O)N1CCCC(C(N)=O)C1. The lowest BCUT2D eigenvalue weighted by atomic mass is 9.97. The van der Waals surface area contributed by atoms with Gasteiger partial charge >= 0.3 is 0 Å². The van der Waals surface area contributed by atoms with Crippen LogP contribution in [0.5, 0.6) is 0 Å². The molecule has 7 heteroatoms. The van der Waals surface area contributed by atoms with Crippen LogP contribution in [0.25, 0.3) is 6.08 Å². The van der Waals surface area contributed by atoms with Gasteiger partial charge in [0.1, 0.15) is 5.15 Å². The predicted octanol–water partition coefficient (Wildman–Crippen LogP) is 2.24. The van der Waals surface area contributed by atoms with Gasteiger partial charge in [0, 0.05) is 31.3 Å². The maximum Gasteiger partial charge on any atom is 0.246 e. The summed E-state index contributed by atoms with van der Waals surface area (Å²) >= 11 is 6.37. The normalized spacial score (nSPS) is 18.5. The number of primary amides is 1. The number of hydrogen-bond acceptors (Lipinski definition) is 3. The molecule has 0 radical (unpaired) electrons. The van der Waals surface area contributed by atoms with E-state index in [-0.39, 0.29) is 17.7 Å². The van der Waals surface area contributed by atoms with Gasteiger partial charge in [-0.25, -0.2) is 0 Å². The van der Waals surface area contributed by atoms with E-state index in [9.17, 15) is 9.59 Å². The van der Waals surface area contributed by atoms with Crippen LogP contribution in [0.2, 0.25) is 5.15 Å². The van der Waals surface area contributed by atoms with E-state index in [1.54, 1.807) is 15.7 Å². The Labute approximate surface area is 147 Å². The number of piperidine rings is 1. The smallest absolute Gasteiger partial charge is 0.246 e. The summed E-state index contributed by atoms with van der Waals surface area (Å²) in [5.74, 6) is -0.298. The van der Waals surface area contributed by atoms with Crippen molar-refractivity contribution in [1.29, 1.82) is 0 Å². The Bertz CT molecular complexity index is 651. The molecule has 0 saturated carbocycles. The molecule has 2 rings (SSSR count). The third kappa shape index (κ3) is 4.38. The first-order valence-electron chi connectivity index (χ1n) is 8.28. The van der Waals surface area contributed by atoms with E-state index in [1.807, 2.05) is 6.92 Å². The van der Waals surface area contributed by atoms with E-state index in [4.69, 9.17) is 17.3 Å². The van der Waals surface area contributed by atoms with Crippen molar-refractivity contribution < 1.29 is 9.59 Å². The molecular formula is C17H25ClN4O2. The number of halogens is 1. The van der Waals surface area contributed by atoms with E-state index >= 15 is 0 Å². The summed E-state index contributed by atoms with van der Waals surface area (Å²) in [6.45, 7) is 7.82. The van der Waals surface area contributed by atoms with Gasteiger partial charge in [-0.3, -0.25) is 14.3 Å². The number of carbonyl (C=O) groups excluding carboxylic acids is 2. The zero-order chi connectivity index (χ0) is 17.9. The highest BCUT2D eigenvalue weighted by atomic mass is 35.5. The Morgan fingerprint density at radius 2 is 2.17 bits per heavy atom. The lowest BCUT2D eigenvalue weighted by Gasteiger charge is -2.30. The highest BCUT2D eigenvalue weighted by molar-refractivity contribution is 6.31. The van der Waals surface area contributed by atoms with Crippen LogP contribution in [0.4, 0.5) is 0 Å². The van der Waals surface area contributed by atoms with Crippen LogP contribution in [-0.2, 0) is 16.1 Å². The molecule has 0 bridgehead atoms. The summed E-state index contributed by atoms with van der Waals surface area (Å²) in [6.07, 6.45) is 4.74. The van der Waals surface area contributed by atoms with Gasteiger partial charge in [0.15, 0.2) is 0 Å². The van der Waals surface area contributed by atoms with Crippen molar-refractivity contribution in [2.75, 3.05) is 13.1 Å². The van der Waals surface area contributed by atoms with Crippen LogP contribution in [0, 0.1) is 18.8 Å². The minimum Gasteiger partial charge on any atom is -0.369 e. The minimum absolute atomic E-state index is 0.131. The molecule has 2 N–H and O–H groups in total. The molecule has 1 unspecified atom stereocenters. The van der Waals surface area contributed by atoms with Crippen LogP contribution in [0.15, 0.2) is 6.08 Å². The number of carbonyl (C=O) groups is 2. The molecule has 1 atom stereocenters. The second-order valence-corrected chi connectivity index (χ2v) is 7.08. The third-order valence-electron chi connectivity index (χ3n) is 4.18. The highest BCUT2D eigenvalue weighted by Crippen LogP contribution is 2.23. The van der Waals surface area contributed by atoms with Crippen molar-refractivity contribution in [2.45, 2.75) is 40.2 Å². The summed E-state index contributed by atoms with van der Waals surface area (Å²) in [6, 6.07) is 0. The molecule has 132 valence electrons. The lowest BCUT2D eigenvalue weighted by Crippen LogP contribution is -2.43. The number of amides is 2. The van der Waals surface area contributed by atoms with Crippen LogP contribution < -0.4 is 5.73 Å². The molecule has 1 saturated heterocycles. The quantitative estimate of drug-likeness (QED) is 0.825. The molecule has 2 amide bonds. The number of rotatable bonds is 5. The van der Waals surface area contributed by atoms with E-state index in [0.29, 0.717) is 24.2 Å². The van der Waals surface area contributed by atoms with Gasteiger partial charge < -0.3 is 10.6 Å². The Balaban J connectivity index is 2.09. The van der Waals surface area contributed by atoms with E-state index in [2.05, 4.69) is 18.9 Å². The average Bonchev–Trinajstić information content (AvgIpc) is 2.78. The molecular weight excluding hydrogens is 328 g/mol. The zero-order valence-electron chi connectivity index (χ0n) is 14.5. The first-order valence-corrected chi connectivity index (χ1v) is 8.66. The Kier molecular flexibility index (Phi) is 6.04. The topological polar surface area (TPSA) is 81.2 Å². The molecule has 1 aliphatic rings. The fourth-order valence-corrected chi connectivity index (χ4v) is 3.20. The maximum absolute atomic E-state index is 12.4. The van der Waals surface area contributed by atoms with Gasteiger partial charge in [0.05, 0.1) is 11.6 Å². The predicted molar refractivity (Wildman–Crippen MR) is 94.3 cm³/mol. The second-order valence-electron chi connectivity index (χ2n) is 6.72. The van der Waals surface area contributed by atoms with E-state index in [0.717, 1.165) is 30.6 Å². The van der Waals surface area contributed by atoms with Crippen molar-refractivity contribution in [3.8, 4) is 0 Å². The average molecular weight is 353 g/mol. The van der Waals surface area contributed by atoms with Gasteiger partial charge in [-0.15, -0.1) is 0 Å². The van der Waals surface area contributed by atoms with Crippen molar-refractivity contribution in [1.82, 2.24) is 14.7 Å². The highest BCUT2D eigenvalue weighted by Gasteiger charge is 2.26. The minimum atomic E-state index is -0.342. The van der Waals surface area contributed by atoms with Crippen molar-refractivity contribution in [2.24, 2.45) is 17.6 Å². The van der Waals surface area contributed by atoms with Crippen molar-refractivity contribution >= 4 is 29.5 Å². The van der Waals surface area contributed by atoms with Crippen molar-refractivity contribution in [3.63, 3.8) is 0 Å². The summed E-state index contributed by atoms with van der Waals surface area (Å²) in [7, 11) is 0. The van der Waals surface area contributed by atoms with Gasteiger partial charge in [0.25, 0.3) is 0 Å². The fourth-order valence-electron chi connectivity index (χ4n) is 2.89. The van der Waals surface area contributed by atoms with Gasteiger partial charge in [-0.2, -0.15) is 5.10 Å². The monoisotopic (exact) mass is 352 g/mol. The number of aryl methyl sites for hydroxylation is 1. The van der Waals surface area contributed by atoms with Crippen LogP contribution >= 0.6 is 11.6 Å². The number of aromatic nitrogens is 2. The Hall–Kier alpha value is -1.82.